The zero-order valence-electron chi connectivity index (χ0n) is 12.8. The molecule has 0 amide bonds. The highest BCUT2D eigenvalue weighted by atomic mass is 79.9. The molecule has 0 aliphatic carbocycles. The maximum atomic E-state index is 12.5. The fourth-order valence-electron chi connectivity index (χ4n) is 1.90. The van der Waals surface area contributed by atoms with Gasteiger partial charge in [0.15, 0.2) is 5.65 Å². The van der Waals surface area contributed by atoms with Gasteiger partial charge in [-0.15, -0.1) is 0 Å². The zero-order chi connectivity index (χ0) is 16.5. The maximum Gasteiger partial charge on any atom is 0.420 e. The number of ether oxygens (including phenoxy) is 2. The second-order valence-electron chi connectivity index (χ2n) is 5.61. The van der Waals surface area contributed by atoms with Crippen LogP contribution in [0.4, 0.5) is 4.79 Å². The third-order valence-electron chi connectivity index (χ3n) is 2.68. The normalized spacial score (nSPS) is 11.5. The van der Waals surface area contributed by atoms with E-state index in [4.69, 9.17) is 9.47 Å². The lowest BCUT2D eigenvalue weighted by Gasteiger charge is -2.20. The van der Waals surface area contributed by atoms with E-state index in [-0.39, 0.29) is 12.3 Å². The Balaban J connectivity index is 2.61. The average molecular weight is 369 g/mol. The molecule has 0 bridgehead atoms. The van der Waals surface area contributed by atoms with Crippen molar-refractivity contribution < 1.29 is 19.1 Å². The van der Waals surface area contributed by atoms with Gasteiger partial charge in [0.1, 0.15) is 15.9 Å². The first-order valence-electron chi connectivity index (χ1n) is 6.81. The van der Waals surface area contributed by atoms with E-state index in [0.29, 0.717) is 15.6 Å². The van der Waals surface area contributed by atoms with E-state index in [1.165, 1.54) is 0 Å². The minimum absolute atomic E-state index is 0.0942. The lowest BCUT2D eigenvalue weighted by molar-refractivity contribution is 0.0453. The lowest BCUT2D eigenvalue weighted by atomic mass is 10.2. The first-order chi connectivity index (χ1) is 10.2. The number of aromatic nitrogens is 2. The molecule has 22 heavy (non-hydrogen) atoms. The number of pyridine rings is 1. The van der Waals surface area contributed by atoms with E-state index in [9.17, 15) is 9.59 Å². The Kier molecular flexibility index (Phi) is 4.55. The van der Waals surface area contributed by atoms with Gasteiger partial charge in [0, 0.05) is 5.39 Å². The largest absolute Gasteiger partial charge is 0.461 e. The smallest absolute Gasteiger partial charge is 0.420 e. The van der Waals surface area contributed by atoms with Crippen molar-refractivity contribution in [3.63, 3.8) is 0 Å². The molecular weight excluding hydrogens is 352 g/mol. The summed E-state index contributed by atoms with van der Waals surface area (Å²) >= 11 is 3.26. The summed E-state index contributed by atoms with van der Waals surface area (Å²) in [5.74, 6) is -0.595. The first-order valence-corrected chi connectivity index (χ1v) is 7.60. The van der Waals surface area contributed by atoms with Gasteiger partial charge in [0.2, 0.25) is 0 Å². The molecule has 0 fully saturated rings. The SMILES string of the molecule is CCOC(=O)c1cc2ccc(Br)nc2n1C(=O)OC(C)(C)C. The van der Waals surface area contributed by atoms with Crippen LogP contribution in [0.25, 0.3) is 11.0 Å². The molecule has 0 saturated heterocycles. The summed E-state index contributed by atoms with van der Waals surface area (Å²) in [6, 6.07) is 5.06. The predicted octanol–water partition coefficient (Wildman–Crippen LogP) is 3.76. The lowest BCUT2D eigenvalue weighted by Crippen LogP contribution is -2.29. The van der Waals surface area contributed by atoms with Crippen molar-refractivity contribution in [3.05, 3.63) is 28.5 Å². The number of carbonyl (C=O) groups is 2. The average Bonchev–Trinajstić information content (AvgIpc) is 2.75. The molecule has 2 rings (SSSR count). The van der Waals surface area contributed by atoms with Gasteiger partial charge in [-0.05, 0) is 61.8 Å². The Labute approximate surface area is 136 Å². The van der Waals surface area contributed by atoms with E-state index in [0.717, 1.165) is 4.57 Å². The summed E-state index contributed by atoms with van der Waals surface area (Å²) in [7, 11) is 0. The van der Waals surface area contributed by atoms with E-state index in [2.05, 4.69) is 20.9 Å². The Bertz CT molecular complexity index is 731. The van der Waals surface area contributed by atoms with Crippen LogP contribution in [0.3, 0.4) is 0 Å². The molecule has 2 heterocycles. The summed E-state index contributed by atoms with van der Waals surface area (Å²) in [6.07, 6.45) is -0.670. The number of hydrogen-bond acceptors (Lipinski definition) is 5. The topological polar surface area (TPSA) is 70.4 Å². The zero-order valence-corrected chi connectivity index (χ0v) is 14.4. The summed E-state index contributed by atoms with van der Waals surface area (Å²) in [6.45, 7) is 7.18. The van der Waals surface area contributed by atoms with E-state index in [1.807, 2.05) is 0 Å². The number of halogens is 1. The minimum atomic E-state index is -0.689. The van der Waals surface area contributed by atoms with Gasteiger partial charge < -0.3 is 9.47 Å². The second kappa shape index (κ2) is 6.08. The predicted molar refractivity (Wildman–Crippen MR) is 85.0 cm³/mol. The van der Waals surface area contributed by atoms with E-state index >= 15 is 0 Å². The molecular formula is C15H17BrN2O4. The minimum Gasteiger partial charge on any atom is -0.461 e. The van der Waals surface area contributed by atoms with Gasteiger partial charge in [-0.1, -0.05) is 0 Å². The van der Waals surface area contributed by atoms with Crippen molar-refractivity contribution in [1.29, 1.82) is 0 Å². The van der Waals surface area contributed by atoms with Gasteiger partial charge in [-0.3, -0.25) is 0 Å². The Morgan fingerprint density at radius 2 is 2.00 bits per heavy atom. The molecule has 0 aromatic carbocycles. The molecule has 118 valence electrons. The van der Waals surface area contributed by atoms with Crippen LogP contribution in [0.2, 0.25) is 0 Å². The van der Waals surface area contributed by atoms with Crippen molar-refractivity contribution >= 4 is 39.0 Å². The Hall–Kier alpha value is -1.89. The van der Waals surface area contributed by atoms with Crippen molar-refractivity contribution in [2.45, 2.75) is 33.3 Å². The molecule has 0 radical (unpaired) electrons. The molecule has 0 N–H and O–H groups in total. The molecule has 0 saturated carbocycles. The van der Waals surface area contributed by atoms with Gasteiger partial charge in [-0.25, -0.2) is 19.1 Å². The summed E-state index contributed by atoms with van der Waals surface area (Å²) in [5, 5.41) is 0.650. The van der Waals surface area contributed by atoms with Crippen molar-refractivity contribution in [1.82, 2.24) is 9.55 Å². The van der Waals surface area contributed by atoms with Crippen molar-refractivity contribution in [3.8, 4) is 0 Å². The molecule has 2 aromatic heterocycles. The molecule has 7 heteroatoms. The molecule has 6 nitrogen and oxygen atoms in total. The fraction of sp³-hybridized carbons (Fsp3) is 0.400. The third kappa shape index (κ3) is 3.47. The van der Waals surface area contributed by atoms with Gasteiger partial charge in [-0.2, -0.15) is 0 Å². The molecule has 0 aliphatic rings. The van der Waals surface area contributed by atoms with Gasteiger partial charge in [0.25, 0.3) is 0 Å². The number of esters is 1. The van der Waals surface area contributed by atoms with Crippen LogP contribution in [0, 0.1) is 0 Å². The van der Waals surface area contributed by atoms with Crippen LogP contribution in [0.1, 0.15) is 38.2 Å². The number of hydrogen-bond donors (Lipinski definition) is 0. The molecule has 0 unspecified atom stereocenters. The van der Waals surface area contributed by atoms with Crippen LogP contribution in [-0.2, 0) is 9.47 Å². The van der Waals surface area contributed by atoms with E-state index < -0.39 is 17.7 Å². The standard InChI is InChI=1S/C15H17BrN2O4/c1-5-21-13(19)10-8-9-6-7-11(16)17-12(9)18(10)14(20)22-15(2,3)4/h6-8H,5H2,1-4H3. The molecule has 2 aromatic rings. The van der Waals surface area contributed by atoms with Crippen LogP contribution in [0.15, 0.2) is 22.8 Å². The molecule has 0 aliphatic heterocycles. The van der Waals surface area contributed by atoms with Crippen LogP contribution in [0.5, 0.6) is 0 Å². The van der Waals surface area contributed by atoms with Crippen LogP contribution >= 0.6 is 15.9 Å². The highest BCUT2D eigenvalue weighted by Gasteiger charge is 2.26. The van der Waals surface area contributed by atoms with Gasteiger partial charge >= 0.3 is 12.1 Å². The fourth-order valence-corrected chi connectivity index (χ4v) is 2.20. The number of rotatable bonds is 2. The highest BCUT2D eigenvalue weighted by Crippen LogP contribution is 2.23. The summed E-state index contributed by atoms with van der Waals surface area (Å²) in [4.78, 5) is 28.8. The van der Waals surface area contributed by atoms with Crippen LogP contribution < -0.4 is 0 Å². The second-order valence-corrected chi connectivity index (χ2v) is 6.43. The summed E-state index contributed by atoms with van der Waals surface area (Å²) in [5.41, 5.74) is -0.255. The first kappa shape index (κ1) is 16.5. The quantitative estimate of drug-likeness (QED) is 0.596. The highest BCUT2D eigenvalue weighted by molar-refractivity contribution is 9.10. The van der Waals surface area contributed by atoms with E-state index in [1.54, 1.807) is 45.9 Å². The number of nitrogens with zero attached hydrogens (tertiary/aromatic N) is 2. The molecule has 0 atom stereocenters. The third-order valence-corrected chi connectivity index (χ3v) is 3.12. The van der Waals surface area contributed by atoms with Gasteiger partial charge in [0.05, 0.1) is 6.61 Å². The van der Waals surface area contributed by atoms with Crippen molar-refractivity contribution in [2.24, 2.45) is 0 Å². The monoisotopic (exact) mass is 368 g/mol. The Morgan fingerprint density at radius 3 is 2.59 bits per heavy atom. The maximum absolute atomic E-state index is 12.5. The van der Waals surface area contributed by atoms with Crippen molar-refractivity contribution in [2.75, 3.05) is 6.61 Å². The van der Waals surface area contributed by atoms with Crippen LogP contribution in [-0.4, -0.2) is 33.8 Å². The number of fused-ring (bicyclic) bond motifs is 1. The Morgan fingerprint density at radius 1 is 1.32 bits per heavy atom. The number of carbonyl (C=O) groups excluding carboxylic acids is 2. The summed E-state index contributed by atoms with van der Waals surface area (Å²) < 4.78 is 12.1. The molecule has 0 spiro atoms.